The summed E-state index contributed by atoms with van der Waals surface area (Å²) < 4.78 is 5.08. The first-order chi connectivity index (χ1) is 9.80. The molecule has 1 rings (SSSR count). The van der Waals surface area contributed by atoms with Crippen LogP contribution in [0.25, 0.3) is 0 Å². The van der Waals surface area contributed by atoms with E-state index in [2.05, 4.69) is 17.6 Å². The standard InChI is InChI=1S/C16H24N2O3/c1-5-12-6-8-13(9-7-12)18-14(19)10-11-17-15(20)21-16(2,3)4/h6-9H,5,10-11H2,1-4H3,(H,17,20)(H,18,19). The third-order valence-corrected chi connectivity index (χ3v) is 2.67. The average molecular weight is 292 g/mol. The Balaban J connectivity index is 2.29. The van der Waals surface area contributed by atoms with E-state index >= 15 is 0 Å². The Morgan fingerprint density at radius 2 is 1.76 bits per heavy atom. The molecule has 0 bridgehead atoms. The number of carbonyl (C=O) groups excluding carboxylic acids is 2. The first-order valence-electron chi connectivity index (χ1n) is 7.16. The molecule has 0 radical (unpaired) electrons. The Labute approximate surface area is 126 Å². The highest BCUT2D eigenvalue weighted by Crippen LogP contribution is 2.10. The van der Waals surface area contributed by atoms with E-state index in [4.69, 9.17) is 4.74 Å². The zero-order chi connectivity index (χ0) is 15.9. The minimum absolute atomic E-state index is 0.143. The molecule has 5 heteroatoms. The fourth-order valence-electron chi connectivity index (χ4n) is 1.64. The molecule has 0 spiro atoms. The lowest BCUT2D eigenvalue weighted by atomic mass is 10.1. The Morgan fingerprint density at radius 1 is 1.14 bits per heavy atom. The van der Waals surface area contributed by atoms with Crippen LogP contribution in [-0.4, -0.2) is 24.1 Å². The van der Waals surface area contributed by atoms with Crippen LogP contribution in [0.3, 0.4) is 0 Å². The molecule has 0 saturated heterocycles. The third-order valence-electron chi connectivity index (χ3n) is 2.67. The number of anilines is 1. The summed E-state index contributed by atoms with van der Waals surface area (Å²) in [5, 5.41) is 5.34. The average Bonchev–Trinajstić information content (AvgIpc) is 2.37. The fraction of sp³-hybridized carbons (Fsp3) is 0.500. The molecule has 1 aromatic carbocycles. The first kappa shape index (κ1) is 17.0. The molecule has 0 aliphatic heterocycles. The molecule has 0 aromatic heterocycles. The third kappa shape index (κ3) is 7.34. The summed E-state index contributed by atoms with van der Waals surface area (Å²) in [5.41, 5.74) is 1.45. The van der Waals surface area contributed by atoms with Crippen molar-refractivity contribution in [3.63, 3.8) is 0 Å². The molecule has 2 amide bonds. The summed E-state index contributed by atoms with van der Waals surface area (Å²) >= 11 is 0. The highest BCUT2D eigenvalue weighted by Gasteiger charge is 2.15. The van der Waals surface area contributed by atoms with Crippen LogP contribution in [0.2, 0.25) is 0 Å². The van der Waals surface area contributed by atoms with Crippen molar-refractivity contribution < 1.29 is 14.3 Å². The Hall–Kier alpha value is -2.04. The highest BCUT2D eigenvalue weighted by atomic mass is 16.6. The van der Waals surface area contributed by atoms with Crippen LogP contribution in [0.4, 0.5) is 10.5 Å². The van der Waals surface area contributed by atoms with Crippen LogP contribution in [0.1, 0.15) is 39.7 Å². The molecule has 0 unspecified atom stereocenters. The van der Waals surface area contributed by atoms with Crippen molar-refractivity contribution in [3.8, 4) is 0 Å². The molecular weight excluding hydrogens is 268 g/mol. The second kappa shape index (κ2) is 7.67. The summed E-state index contributed by atoms with van der Waals surface area (Å²) in [6, 6.07) is 7.71. The molecule has 0 aliphatic carbocycles. The van der Waals surface area contributed by atoms with Crippen molar-refractivity contribution in [1.29, 1.82) is 0 Å². The molecule has 21 heavy (non-hydrogen) atoms. The van der Waals surface area contributed by atoms with E-state index in [0.717, 1.165) is 12.1 Å². The van der Waals surface area contributed by atoms with E-state index < -0.39 is 11.7 Å². The molecule has 0 saturated carbocycles. The molecule has 0 fully saturated rings. The SMILES string of the molecule is CCc1ccc(NC(=O)CCNC(=O)OC(C)(C)C)cc1. The number of nitrogens with one attached hydrogen (secondary N) is 2. The predicted molar refractivity (Wildman–Crippen MR) is 83.3 cm³/mol. The van der Waals surface area contributed by atoms with Crippen molar-refractivity contribution in [3.05, 3.63) is 29.8 Å². The van der Waals surface area contributed by atoms with Crippen molar-refractivity contribution in [2.45, 2.75) is 46.1 Å². The zero-order valence-corrected chi connectivity index (χ0v) is 13.2. The van der Waals surface area contributed by atoms with Gasteiger partial charge in [-0.05, 0) is 44.9 Å². The monoisotopic (exact) mass is 292 g/mol. The van der Waals surface area contributed by atoms with Gasteiger partial charge in [0.05, 0.1) is 0 Å². The lowest BCUT2D eigenvalue weighted by Gasteiger charge is -2.19. The van der Waals surface area contributed by atoms with Gasteiger partial charge in [0.1, 0.15) is 5.60 Å². The van der Waals surface area contributed by atoms with E-state index in [9.17, 15) is 9.59 Å². The van der Waals surface area contributed by atoms with Crippen molar-refractivity contribution >= 4 is 17.7 Å². The van der Waals surface area contributed by atoms with Gasteiger partial charge in [-0.25, -0.2) is 4.79 Å². The predicted octanol–water partition coefficient (Wildman–Crippen LogP) is 3.10. The number of amides is 2. The summed E-state index contributed by atoms with van der Waals surface area (Å²) in [7, 11) is 0. The minimum Gasteiger partial charge on any atom is -0.444 e. The number of ether oxygens (including phenoxy) is 1. The molecule has 5 nitrogen and oxygen atoms in total. The molecule has 0 atom stereocenters. The van der Waals surface area contributed by atoms with Crippen molar-refractivity contribution in [2.75, 3.05) is 11.9 Å². The lowest BCUT2D eigenvalue weighted by molar-refractivity contribution is -0.116. The summed E-state index contributed by atoms with van der Waals surface area (Å²) in [5.74, 6) is -0.143. The van der Waals surface area contributed by atoms with Crippen LogP contribution >= 0.6 is 0 Å². The maximum Gasteiger partial charge on any atom is 0.407 e. The van der Waals surface area contributed by atoms with Crippen LogP contribution in [0.15, 0.2) is 24.3 Å². The largest absolute Gasteiger partial charge is 0.444 e. The van der Waals surface area contributed by atoms with Gasteiger partial charge in [-0.2, -0.15) is 0 Å². The summed E-state index contributed by atoms with van der Waals surface area (Å²) in [6.45, 7) is 7.70. The maximum atomic E-state index is 11.7. The Kier molecular flexibility index (Phi) is 6.21. The smallest absolute Gasteiger partial charge is 0.407 e. The summed E-state index contributed by atoms with van der Waals surface area (Å²) in [4.78, 5) is 23.1. The minimum atomic E-state index is -0.534. The quantitative estimate of drug-likeness (QED) is 0.876. The molecule has 2 N–H and O–H groups in total. The number of hydrogen-bond donors (Lipinski definition) is 2. The molecule has 1 aromatic rings. The zero-order valence-electron chi connectivity index (χ0n) is 13.2. The fourth-order valence-corrected chi connectivity index (χ4v) is 1.64. The first-order valence-corrected chi connectivity index (χ1v) is 7.16. The number of hydrogen-bond acceptors (Lipinski definition) is 3. The lowest BCUT2D eigenvalue weighted by Crippen LogP contribution is -2.34. The van der Waals surface area contributed by atoms with Gasteiger partial charge >= 0.3 is 6.09 Å². The molecule has 0 aliphatic rings. The number of carbonyl (C=O) groups is 2. The van der Waals surface area contributed by atoms with Gasteiger partial charge in [0, 0.05) is 18.7 Å². The van der Waals surface area contributed by atoms with Crippen molar-refractivity contribution in [2.24, 2.45) is 0 Å². The highest BCUT2D eigenvalue weighted by molar-refractivity contribution is 5.91. The van der Waals surface area contributed by atoms with Crippen molar-refractivity contribution in [1.82, 2.24) is 5.32 Å². The van der Waals surface area contributed by atoms with E-state index in [1.807, 2.05) is 24.3 Å². The second-order valence-corrected chi connectivity index (χ2v) is 5.78. The van der Waals surface area contributed by atoms with Gasteiger partial charge in [0.2, 0.25) is 5.91 Å². The van der Waals surface area contributed by atoms with Crippen LogP contribution < -0.4 is 10.6 Å². The number of aryl methyl sites for hydroxylation is 1. The van der Waals surface area contributed by atoms with Crippen LogP contribution in [-0.2, 0) is 16.0 Å². The summed E-state index contributed by atoms with van der Waals surface area (Å²) in [6.07, 6.45) is 0.658. The Morgan fingerprint density at radius 3 is 2.29 bits per heavy atom. The van der Waals surface area contributed by atoms with Gasteiger partial charge in [-0.1, -0.05) is 19.1 Å². The van der Waals surface area contributed by atoms with Gasteiger partial charge < -0.3 is 15.4 Å². The normalized spacial score (nSPS) is 10.9. The van der Waals surface area contributed by atoms with E-state index in [1.165, 1.54) is 5.56 Å². The van der Waals surface area contributed by atoms with Gasteiger partial charge in [-0.3, -0.25) is 4.79 Å². The Bertz CT molecular complexity index is 475. The van der Waals surface area contributed by atoms with Gasteiger partial charge in [-0.15, -0.1) is 0 Å². The molecule has 0 heterocycles. The molecular formula is C16H24N2O3. The van der Waals surface area contributed by atoms with Crippen LogP contribution in [0, 0.1) is 0 Å². The van der Waals surface area contributed by atoms with E-state index in [0.29, 0.717) is 0 Å². The second-order valence-electron chi connectivity index (χ2n) is 5.78. The molecule has 116 valence electrons. The van der Waals surface area contributed by atoms with Crippen LogP contribution in [0.5, 0.6) is 0 Å². The van der Waals surface area contributed by atoms with Gasteiger partial charge in [0.15, 0.2) is 0 Å². The number of rotatable bonds is 5. The van der Waals surface area contributed by atoms with Gasteiger partial charge in [0.25, 0.3) is 0 Å². The maximum absolute atomic E-state index is 11.7. The van der Waals surface area contributed by atoms with E-state index in [-0.39, 0.29) is 18.9 Å². The number of benzene rings is 1. The number of alkyl carbamates (subject to hydrolysis) is 1. The topological polar surface area (TPSA) is 67.4 Å². The van der Waals surface area contributed by atoms with E-state index in [1.54, 1.807) is 20.8 Å².